The summed E-state index contributed by atoms with van der Waals surface area (Å²) in [6.07, 6.45) is 3.23. The maximum Gasteiger partial charge on any atom is 0.275 e. The monoisotopic (exact) mass is 284 g/mol. The van der Waals surface area contributed by atoms with E-state index in [2.05, 4.69) is 5.32 Å². The minimum absolute atomic E-state index is 0.0556. The molecule has 6 heteroatoms. The molecule has 0 radical (unpaired) electrons. The molecule has 0 unspecified atom stereocenters. The summed E-state index contributed by atoms with van der Waals surface area (Å²) in [4.78, 5) is 10.5. The number of hydrogen-bond acceptors (Lipinski definition) is 4. The Kier molecular flexibility index (Phi) is 4.39. The highest BCUT2D eigenvalue weighted by Gasteiger charge is 2.36. The molecule has 0 saturated heterocycles. The first-order valence-corrected chi connectivity index (χ1v) is 6.63. The standard InChI is InChI=1S/C13H17ClN2O3/c1-19-13(6-3-7-13)9-15-8-10-11(14)4-2-5-12(10)16(17)18/h2,4-5,15H,3,6-9H2,1H3. The predicted octanol–water partition coefficient (Wildman–Crippen LogP) is 2.91. The molecule has 0 aromatic heterocycles. The third-order valence-electron chi connectivity index (χ3n) is 3.74. The number of halogens is 1. The van der Waals surface area contributed by atoms with Crippen LogP contribution in [0.4, 0.5) is 5.69 Å². The molecule has 1 fully saturated rings. The van der Waals surface area contributed by atoms with Crippen LogP contribution in [-0.2, 0) is 11.3 Å². The number of nitro groups is 1. The lowest BCUT2D eigenvalue weighted by Gasteiger charge is -2.40. The number of nitrogens with one attached hydrogen (secondary N) is 1. The summed E-state index contributed by atoms with van der Waals surface area (Å²) in [5.41, 5.74) is 0.482. The van der Waals surface area contributed by atoms with Crippen molar-refractivity contribution in [3.05, 3.63) is 38.9 Å². The summed E-state index contributed by atoms with van der Waals surface area (Å²) in [6.45, 7) is 1.06. The first-order chi connectivity index (χ1) is 9.08. The molecule has 19 heavy (non-hydrogen) atoms. The topological polar surface area (TPSA) is 64.4 Å². The molecule has 1 aromatic carbocycles. The Labute approximate surface area is 117 Å². The van der Waals surface area contributed by atoms with Crippen LogP contribution in [0.15, 0.2) is 18.2 Å². The van der Waals surface area contributed by atoms with Gasteiger partial charge in [0.2, 0.25) is 0 Å². The van der Waals surface area contributed by atoms with Crippen molar-refractivity contribution >= 4 is 17.3 Å². The van der Waals surface area contributed by atoms with Crippen molar-refractivity contribution in [1.29, 1.82) is 0 Å². The number of ether oxygens (including phenoxy) is 1. The van der Waals surface area contributed by atoms with E-state index in [0.717, 1.165) is 12.8 Å². The summed E-state index contributed by atoms with van der Waals surface area (Å²) in [7, 11) is 1.71. The van der Waals surface area contributed by atoms with Crippen molar-refractivity contribution in [2.45, 2.75) is 31.4 Å². The summed E-state index contributed by atoms with van der Waals surface area (Å²) >= 11 is 6.03. The predicted molar refractivity (Wildman–Crippen MR) is 73.4 cm³/mol. The smallest absolute Gasteiger partial charge is 0.275 e. The van der Waals surface area contributed by atoms with E-state index in [1.807, 2.05) is 0 Å². The van der Waals surface area contributed by atoms with E-state index in [4.69, 9.17) is 16.3 Å². The van der Waals surface area contributed by atoms with Crippen LogP contribution in [0, 0.1) is 10.1 Å². The van der Waals surface area contributed by atoms with Crippen LogP contribution in [0.25, 0.3) is 0 Å². The molecule has 1 N–H and O–H groups in total. The molecule has 0 heterocycles. The van der Waals surface area contributed by atoms with Gasteiger partial charge in [-0.05, 0) is 25.3 Å². The molecule has 1 aromatic rings. The molecule has 1 aliphatic carbocycles. The second kappa shape index (κ2) is 5.86. The van der Waals surface area contributed by atoms with E-state index in [1.54, 1.807) is 19.2 Å². The van der Waals surface area contributed by atoms with Gasteiger partial charge in [0.15, 0.2) is 0 Å². The van der Waals surface area contributed by atoms with Gasteiger partial charge in [-0.3, -0.25) is 10.1 Å². The lowest BCUT2D eigenvalue weighted by molar-refractivity contribution is -0.385. The second-order valence-electron chi connectivity index (χ2n) is 4.84. The van der Waals surface area contributed by atoms with Crippen LogP contribution in [0.2, 0.25) is 5.02 Å². The first-order valence-electron chi connectivity index (χ1n) is 6.26. The summed E-state index contributed by atoms with van der Waals surface area (Å²) < 4.78 is 5.49. The van der Waals surface area contributed by atoms with Crippen LogP contribution in [-0.4, -0.2) is 24.2 Å². The Morgan fingerprint density at radius 1 is 1.53 bits per heavy atom. The van der Waals surface area contributed by atoms with E-state index in [-0.39, 0.29) is 11.3 Å². The number of hydrogen-bond donors (Lipinski definition) is 1. The Balaban J connectivity index is 2.01. The molecule has 0 aliphatic heterocycles. The highest BCUT2D eigenvalue weighted by molar-refractivity contribution is 6.31. The maximum absolute atomic E-state index is 11.0. The lowest BCUT2D eigenvalue weighted by Crippen LogP contribution is -2.47. The van der Waals surface area contributed by atoms with Crippen molar-refractivity contribution < 1.29 is 9.66 Å². The number of rotatable bonds is 6. The van der Waals surface area contributed by atoms with E-state index in [0.29, 0.717) is 23.7 Å². The van der Waals surface area contributed by atoms with Gasteiger partial charge in [-0.15, -0.1) is 0 Å². The van der Waals surface area contributed by atoms with Crippen molar-refractivity contribution in [2.75, 3.05) is 13.7 Å². The molecular weight excluding hydrogens is 268 g/mol. The van der Waals surface area contributed by atoms with Gasteiger partial charge < -0.3 is 10.1 Å². The fraction of sp³-hybridized carbons (Fsp3) is 0.538. The average Bonchev–Trinajstić information content (AvgIpc) is 2.34. The highest BCUT2D eigenvalue weighted by atomic mass is 35.5. The van der Waals surface area contributed by atoms with Gasteiger partial charge in [0.25, 0.3) is 5.69 Å². The van der Waals surface area contributed by atoms with Crippen LogP contribution in [0.1, 0.15) is 24.8 Å². The number of methoxy groups -OCH3 is 1. The Hall–Kier alpha value is -1.17. The molecule has 2 rings (SSSR count). The first kappa shape index (κ1) is 14.2. The largest absolute Gasteiger partial charge is 0.377 e. The van der Waals surface area contributed by atoms with Gasteiger partial charge in [-0.2, -0.15) is 0 Å². The third kappa shape index (κ3) is 3.05. The molecular formula is C13H17ClN2O3. The minimum atomic E-state index is -0.404. The minimum Gasteiger partial charge on any atom is -0.377 e. The lowest BCUT2D eigenvalue weighted by atomic mass is 9.80. The molecule has 1 saturated carbocycles. The quantitative estimate of drug-likeness (QED) is 0.644. The van der Waals surface area contributed by atoms with E-state index < -0.39 is 4.92 Å². The van der Waals surface area contributed by atoms with Gasteiger partial charge in [0.05, 0.1) is 21.1 Å². The highest BCUT2D eigenvalue weighted by Crippen LogP contribution is 2.34. The van der Waals surface area contributed by atoms with Gasteiger partial charge in [0.1, 0.15) is 0 Å². The maximum atomic E-state index is 11.0. The number of benzene rings is 1. The average molecular weight is 285 g/mol. The molecule has 0 bridgehead atoms. The van der Waals surface area contributed by atoms with Crippen molar-refractivity contribution in [2.24, 2.45) is 0 Å². The fourth-order valence-corrected chi connectivity index (χ4v) is 2.57. The molecule has 104 valence electrons. The molecule has 0 atom stereocenters. The van der Waals surface area contributed by atoms with Gasteiger partial charge in [0, 0.05) is 26.3 Å². The van der Waals surface area contributed by atoms with Gasteiger partial charge >= 0.3 is 0 Å². The van der Waals surface area contributed by atoms with Gasteiger partial charge in [-0.1, -0.05) is 17.7 Å². The van der Waals surface area contributed by atoms with Crippen molar-refractivity contribution in [3.8, 4) is 0 Å². The molecule has 0 amide bonds. The van der Waals surface area contributed by atoms with Crippen LogP contribution < -0.4 is 5.32 Å². The molecule has 0 spiro atoms. The van der Waals surface area contributed by atoms with E-state index in [9.17, 15) is 10.1 Å². The SMILES string of the molecule is COC1(CNCc2c(Cl)cccc2[N+](=O)[O-])CCC1. The second-order valence-corrected chi connectivity index (χ2v) is 5.25. The zero-order valence-corrected chi connectivity index (χ0v) is 11.6. The Bertz CT molecular complexity index is 469. The Morgan fingerprint density at radius 3 is 2.79 bits per heavy atom. The third-order valence-corrected chi connectivity index (χ3v) is 4.09. The molecule has 1 aliphatic rings. The van der Waals surface area contributed by atoms with Crippen LogP contribution in [0.3, 0.4) is 0 Å². The number of nitrogens with zero attached hydrogens (tertiary/aromatic N) is 1. The van der Waals surface area contributed by atoms with E-state index >= 15 is 0 Å². The summed E-state index contributed by atoms with van der Waals surface area (Å²) in [5, 5.41) is 14.6. The van der Waals surface area contributed by atoms with Crippen LogP contribution >= 0.6 is 11.6 Å². The normalized spacial score (nSPS) is 16.9. The number of nitro benzene ring substituents is 1. The zero-order chi connectivity index (χ0) is 13.9. The van der Waals surface area contributed by atoms with Gasteiger partial charge in [-0.25, -0.2) is 0 Å². The summed E-state index contributed by atoms with van der Waals surface area (Å²) in [6, 6.07) is 4.73. The van der Waals surface area contributed by atoms with Crippen molar-refractivity contribution in [3.63, 3.8) is 0 Å². The molecule has 5 nitrogen and oxygen atoms in total. The van der Waals surface area contributed by atoms with E-state index in [1.165, 1.54) is 12.5 Å². The Morgan fingerprint density at radius 2 is 2.26 bits per heavy atom. The fourth-order valence-electron chi connectivity index (χ4n) is 2.33. The summed E-state index contributed by atoms with van der Waals surface area (Å²) in [5.74, 6) is 0. The van der Waals surface area contributed by atoms with Crippen molar-refractivity contribution in [1.82, 2.24) is 5.32 Å². The van der Waals surface area contributed by atoms with Crippen LogP contribution in [0.5, 0.6) is 0 Å². The zero-order valence-electron chi connectivity index (χ0n) is 10.8.